The molecule has 1 saturated carbocycles. The predicted octanol–water partition coefficient (Wildman–Crippen LogP) is 10.0. The molecule has 5 rings (SSSR count). The number of hydrogen-bond donors (Lipinski definition) is 0. The monoisotopic (exact) mass is 641 g/mol. The fourth-order valence-electron chi connectivity index (χ4n) is 5.34. The molecule has 0 aliphatic heterocycles. The average molecular weight is 642 g/mol. The quantitative estimate of drug-likeness (QED) is 0.163. The second-order valence-electron chi connectivity index (χ2n) is 12.2. The Morgan fingerprint density at radius 3 is 2.30 bits per heavy atom. The summed E-state index contributed by atoms with van der Waals surface area (Å²) in [6.45, 7) is 23.4. The van der Waals surface area contributed by atoms with E-state index in [-0.39, 0.29) is 12.0 Å². The molecule has 1 aromatic carbocycles. The van der Waals surface area contributed by atoms with E-state index < -0.39 is 6.61 Å². The van der Waals surface area contributed by atoms with E-state index in [0.29, 0.717) is 0 Å². The molecule has 256 valence electrons. The topological polar surface area (TPSA) is 57.3 Å². The fraction of sp³-hybridized carbons (Fsp3) is 0.568. The van der Waals surface area contributed by atoms with Gasteiger partial charge in [0.25, 0.3) is 0 Å². The molecule has 46 heavy (non-hydrogen) atoms. The summed E-state index contributed by atoms with van der Waals surface area (Å²) >= 11 is 0. The van der Waals surface area contributed by atoms with Gasteiger partial charge in [0.1, 0.15) is 16.9 Å². The van der Waals surface area contributed by atoms with Gasteiger partial charge >= 0.3 is 6.61 Å². The Hall–Kier alpha value is -3.46. The van der Waals surface area contributed by atoms with E-state index in [0.717, 1.165) is 82.6 Å². The number of hydrogen-bond acceptors (Lipinski definition) is 5. The maximum absolute atomic E-state index is 10.8. The van der Waals surface area contributed by atoms with Crippen LogP contribution in [0.3, 0.4) is 0 Å². The third-order valence-corrected chi connectivity index (χ3v) is 7.34. The summed E-state index contributed by atoms with van der Waals surface area (Å²) < 4.78 is 35.8. The summed E-state index contributed by atoms with van der Waals surface area (Å²) in [7, 11) is 3.82. The Bertz CT molecular complexity index is 1520. The van der Waals surface area contributed by atoms with Gasteiger partial charge in [-0.2, -0.15) is 8.78 Å². The van der Waals surface area contributed by atoms with E-state index in [1.54, 1.807) is 7.11 Å². The number of aryl methyl sites for hydroxylation is 1. The van der Waals surface area contributed by atoms with Crippen LogP contribution in [0.15, 0.2) is 43.1 Å². The second kappa shape index (κ2) is 18.0. The highest BCUT2D eigenvalue weighted by atomic mass is 19.3. The van der Waals surface area contributed by atoms with Crippen LogP contribution in [0, 0.1) is 11.3 Å². The molecule has 1 fully saturated rings. The Morgan fingerprint density at radius 1 is 1.11 bits per heavy atom. The summed E-state index contributed by atoms with van der Waals surface area (Å²) in [5.74, 6) is 2.48. The maximum Gasteiger partial charge on any atom is 0.345 e. The van der Waals surface area contributed by atoms with Crippen LogP contribution in [0.2, 0.25) is 0 Å². The minimum atomic E-state index is -2.60. The van der Waals surface area contributed by atoms with Gasteiger partial charge in [0.15, 0.2) is 5.82 Å². The number of rotatable bonds is 11. The fourth-order valence-corrected chi connectivity index (χ4v) is 5.34. The molecule has 0 atom stereocenters. The van der Waals surface area contributed by atoms with E-state index in [2.05, 4.69) is 84.4 Å². The summed E-state index contributed by atoms with van der Waals surface area (Å²) in [6.07, 6.45) is 5.53. The van der Waals surface area contributed by atoms with Crippen molar-refractivity contribution in [3.63, 3.8) is 0 Å². The molecule has 1 aliphatic carbocycles. The van der Waals surface area contributed by atoms with Gasteiger partial charge in [0.05, 0.1) is 18.3 Å². The molecule has 0 radical (unpaired) electrons. The third kappa shape index (κ3) is 10.0. The van der Waals surface area contributed by atoms with E-state index in [9.17, 15) is 8.78 Å². The smallest absolute Gasteiger partial charge is 0.345 e. The van der Waals surface area contributed by atoms with Crippen molar-refractivity contribution < 1.29 is 18.3 Å². The van der Waals surface area contributed by atoms with Crippen molar-refractivity contribution in [1.82, 2.24) is 24.0 Å². The number of pyridine rings is 1. The van der Waals surface area contributed by atoms with Crippen LogP contribution in [-0.2, 0) is 18.3 Å². The summed E-state index contributed by atoms with van der Waals surface area (Å²) in [5, 5.41) is 1.15. The molecule has 0 saturated heterocycles. The minimum Gasteiger partial charge on any atom is -0.494 e. The lowest BCUT2D eigenvalue weighted by atomic mass is 9.95. The van der Waals surface area contributed by atoms with Crippen LogP contribution in [0.5, 0.6) is 5.75 Å². The number of halogens is 2. The van der Waals surface area contributed by atoms with Crippen molar-refractivity contribution >= 4 is 27.8 Å². The van der Waals surface area contributed by atoms with Gasteiger partial charge in [-0.15, -0.1) is 0 Å². The van der Waals surface area contributed by atoms with Crippen molar-refractivity contribution in [3.8, 4) is 17.3 Å². The average Bonchev–Trinajstić information content (AvgIpc) is 3.70. The number of benzene rings is 1. The highest BCUT2D eigenvalue weighted by Gasteiger charge is 2.27. The van der Waals surface area contributed by atoms with Gasteiger partial charge < -0.3 is 23.5 Å². The molecule has 0 spiro atoms. The van der Waals surface area contributed by atoms with Gasteiger partial charge in [-0.25, -0.2) is 9.97 Å². The second-order valence-corrected chi connectivity index (χ2v) is 12.2. The van der Waals surface area contributed by atoms with Gasteiger partial charge in [-0.1, -0.05) is 62.0 Å². The van der Waals surface area contributed by atoms with Crippen molar-refractivity contribution in [2.75, 3.05) is 26.8 Å². The van der Waals surface area contributed by atoms with Crippen LogP contribution in [0.1, 0.15) is 87.1 Å². The van der Waals surface area contributed by atoms with E-state index in [4.69, 9.17) is 14.7 Å². The summed E-state index contributed by atoms with van der Waals surface area (Å²) in [6, 6.07) is 10.6. The zero-order chi connectivity index (χ0) is 34.6. The molecule has 0 amide bonds. The van der Waals surface area contributed by atoms with E-state index in [1.165, 1.54) is 19.8 Å². The highest BCUT2D eigenvalue weighted by molar-refractivity contribution is 5.91. The van der Waals surface area contributed by atoms with Gasteiger partial charge in [-0.05, 0) is 67.9 Å². The van der Waals surface area contributed by atoms with Crippen molar-refractivity contribution in [2.24, 2.45) is 18.4 Å². The molecule has 0 bridgehead atoms. The van der Waals surface area contributed by atoms with Gasteiger partial charge in [0, 0.05) is 56.1 Å². The van der Waals surface area contributed by atoms with Crippen LogP contribution in [-0.4, -0.2) is 57.4 Å². The van der Waals surface area contributed by atoms with E-state index >= 15 is 0 Å². The zero-order valence-corrected chi connectivity index (χ0v) is 30.1. The van der Waals surface area contributed by atoms with Crippen LogP contribution < -0.4 is 4.74 Å². The lowest BCUT2D eigenvalue weighted by molar-refractivity contribution is -0.124. The maximum atomic E-state index is 10.8. The number of methoxy groups -OCH3 is 1. The van der Waals surface area contributed by atoms with Crippen LogP contribution >= 0.6 is 0 Å². The summed E-state index contributed by atoms with van der Waals surface area (Å²) in [5.41, 5.74) is 6.31. The molecule has 0 N–H and O–H groups in total. The predicted molar refractivity (Wildman–Crippen MR) is 189 cm³/mol. The lowest BCUT2D eigenvalue weighted by Gasteiger charge is -2.33. The largest absolute Gasteiger partial charge is 0.494 e. The number of ether oxygens (including phenoxy) is 2. The molecular weight excluding hydrogens is 584 g/mol. The first-order valence-corrected chi connectivity index (χ1v) is 16.8. The number of alkyl halides is 2. The molecule has 4 aromatic rings. The molecule has 3 aromatic heterocycles. The van der Waals surface area contributed by atoms with E-state index in [1.807, 2.05) is 40.0 Å². The lowest BCUT2D eigenvalue weighted by Crippen LogP contribution is -2.31. The number of aromatic nitrogens is 4. The zero-order valence-electron chi connectivity index (χ0n) is 30.1. The van der Waals surface area contributed by atoms with Crippen molar-refractivity contribution in [2.45, 2.75) is 94.7 Å². The third-order valence-electron chi connectivity index (χ3n) is 7.34. The molecule has 0 unspecified atom stereocenters. The Morgan fingerprint density at radius 2 is 1.78 bits per heavy atom. The minimum absolute atomic E-state index is 0.0810. The normalized spacial score (nSPS) is 12.6. The van der Waals surface area contributed by atoms with Crippen LogP contribution in [0.25, 0.3) is 39.3 Å². The SMILES string of the molecule is C=C(c1cc(OC)c2c(c1)nc(-c1cc3cccnc3n1CC1CC1)n2C)N(CCC)CC(C)(C)C.CC.CC.CCOC(F)F. The first kappa shape index (κ1) is 38.7. The number of imidazole rings is 1. The molecule has 9 heteroatoms. The first-order chi connectivity index (χ1) is 22.0. The first-order valence-electron chi connectivity index (χ1n) is 16.8. The molecule has 7 nitrogen and oxygen atoms in total. The summed E-state index contributed by atoms with van der Waals surface area (Å²) in [4.78, 5) is 12.3. The Balaban J connectivity index is 0.000000653. The number of fused-ring (bicyclic) bond motifs is 2. The molecular formula is C37H57F2N5O2. The van der Waals surface area contributed by atoms with Crippen molar-refractivity contribution in [3.05, 3.63) is 48.7 Å². The van der Waals surface area contributed by atoms with Crippen molar-refractivity contribution in [1.29, 1.82) is 0 Å². The number of nitrogens with zero attached hydrogens (tertiary/aromatic N) is 5. The molecule has 1 aliphatic rings. The molecule has 3 heterocycles. The van der Waals surface area contributed by atoms with Crippen LogP contribution in [0.4, 0.5) is 8.78 Å². The Labute approximate surface area is 275 Å². The van der Waals surface area contributed by atoms with Gasteiger partial charge in [0.2, 0.25) is 0 Å². The standard InChI is InChI=1S/C30H39N5O.C3H6F2O.2C2H6/c1-8-14-34(19-30(3,4)5)20(2)23-15-24-27(26(17-23)36-7)33(6)29(32-24)25-16-22-10-9-13-31-28(22)35(25)18-21-11-12-21;1-2-6-3(4)5;2*1-2/h9-10,13,15-17,21H,2,8,11-12,14,18-19H2,1,3-7H3;3H,2H2,1H3;2*1-2H3. The van der Waals surface area contributed by atoms with Gasteiger partial charge in [-0.3, -0.25) is 0 Å². The highest BCUT2D eigenvalue weighted by Crippen LogP contribution is 2.38. The Kier molecular flexibility index (Phi) is 15.2.